The molecule has 21 heavy (non-hydrogen) atoms. The van der Waals surface area contributed by atoms with Crippen LogP contribution in [-0.2, 0) is 16.1 Å². The van der Waals surface area contributed by atoms with Crippen molar-refractivity contribution in [1.29, 1.82) is 0 Å². The van der Waals surface area contributed by atoms with Crippen molar-refractivity contribution in [2.75, 3.05) is 13.2 Å². The summed E-state index contributed by atoms with van der Waals surface area (Å²) in [5.74, 6) is -0.582. The summed E-state index contributed by atoms with van der Waals surface area (Å²) in [5.41, 5.74) is 1.90. The summed E-state index contributed by atoms with van der Waals surface area (Å²) in [4.78, 5) is 14.2. The Kier molecular flexibility index (Phi) is 3.97. The van der Waals surface area contributed by atoms with E-state index in [2.05, 4.69) is 4.90 Å². The van der Waals surface area contributed by atoms with Gasteiger partial charge in [0, 0.05) is 13.1 Å². The monoisotopic (exact) mass is 285 g/mol. The number of morpholine rings is 1. The average molecular weight is 285 g/mol. The molecular formula is C17H16FNO2. The minimum Gasteiger partial charge on any atom is -0.463 e. The van der Waals surface area contributed by atoms with Gasteiger partial charge in [0.2, 0.25) is 0 Å². The lowest BCUT2D eigenvalue weighted by Gasteiger charge is -2.34. The van der Waals surface area contributed by atoms with Crippen molar-refractivity contribution in [1.82, 2.24) is 4.90 Å². The molecule has 108 valence electrons. The van der Waals surface area contributed by atoms with Gasteiger partial charge in [-0.1, -0.05) is 42.5 Å². The normalized spacial score (nSPS) is 19.3. The standard InChI is InChI=1S/C17H16FNO2/c18-15-8-6-14(7-9-15)16-17(20)21-11-10-19(16)12-13-4-2-1-3-5-13/h1-9,16H,10-12H2/t16-/m1/s1. The Morgan fingerprint density at radius 3 is 2.52 bits per heavy atom. The van der Waals surface area contributed by atoms with Gasteiger partial charge in [0.15, 0.2) is 0 Å². The molecule has 1 fully saturated rings. The lowest BCUT2D eigenvalue weighted by atomic mass is 10.0. The number of benzene rings is 2. The van der Waals surface area contributed by atoms with Gasteiger partial charge in [-0.3, -0.25) is 4.90 Å². The largest absolute Gasteiger partial charge is 0.463 e. The maximum Gasteiger partial charge on any atom is 0.328 e. The highest BCUT2D eigenvalue weighted by Crippen LogP contribution is 2.27. The molecule has 3 rings (SSSR count). The quantitative estimate of drug-likeness (QED) is 0.812. The molecule has 1 saturated heterocycles. The Hall–Kier alpha value is -2.20. The maximum atomic E-state index is 13.1. The topological polar surface area (TPSA) is 29.5 Å². The van der Waals surface area contributed by atoms with Gasteiger partial charge in [-0.2, -0.15) is 0 Å². The van der Waals surface area contributed by atoms with Crippen LogP contribution in [0, 0.1) is 5.82 Å². The van der Waals surface area contributed by atoms with Crippen LogP contribution in [0.2, 0.25) is 0 Å². The highest BCUT2D eigenvalue weighted by molar-refractivity contribution is 5.78. The number of carbonyl (C=O) groups excluding carboxylic acids is 1. The van der Waals surface area contributed by atoms with Crippen molar-refractivity contribution in [2.45, 2.75) is 12.6 Å². The molecule has 3 nitrogen and oxygen atoms in total. The first-order chi connectivity index (χ1) is 10.2. The minimum atomic E-state index is -0.473. The maximum absolute atomic E-state index is 13.1. The van der Waals surface area contributed by atoms with Crippen LogP contribution < -0.4 is 0 Å². The van der Waals surface area contributed by atoms with Crippen LogP contribution in [0.25, 0.3) is 0 Å². The zero-order valence-corrected chi connectivity index (χ0v) is 11.5. The number of esters is 1. The first kappa shape index (κ1) is 13.8. The van der Waals surface area contributed by atoms with Crippen molar-refractivity contribution >= 4 is 5.97 Å². The fraction of sp³-hybridized carbons (Fsp3) is 0.235. The van der Waals surface area contributed by atoms with E-state index in [1.807, 2.05) is 30.3 Å². The molecule has 1 heterocycles. The van der Waals surface area contributed by atoms with E-state index in [9.17, 15) is 9.18 Å². The van der Waals surface area contributed by atoms with Crippen LogP contribution >= 0.6 is 0 Å². The van der Waals surface area contributed by atoms with Gasteiger partial charge in [-0.25, -0.2) is 9.18 Å². The van der Waals surface area contributed by atoms with Crippen LogP contribution in [0.4, 0.5) is 4.39 Å². The predicted molar refractivity (Wildman–Crippen MR) is 77.0 cm³/mol. The van der Waals surface area contributed by atoms with Gasteiger partial charge in [0.25, 0.3) is 0 Å². The van der Waals surface area contributed by atoms with Gasteiger partial charge < -0.3 is 4.74 Å². The predicted octanol–water partition coefficient (Wildman–Crippen LogP) is 2.93. The summed E-state index contributed by atoms with van der Waals surface area (Å²) >= 11 is 0. The number of hydrogen-bond acceptors (Lipinski definition) is 3. The number of cyclic esters (lactones) is 1. The van der Waals surface area contributed by atoms with Gasteiger partial charge in [0.05, 0.1) is 0 Å². The van der Waals surface area contributed by atoms with E-state index in [0.29, 0.717) is 19.7 Å². The molecule has 2 aromatic carbocycles. The van der Waals surface area contributed by atoms with Crippen molar-refractivity contribution < 1.29 is 13.9 Å². The Morgan fingerprint density at radius 2 is 1.81 bits per heavy atom. The minimum absolute atomic E-state index is 0.274. The van der Waals surface area contributed by atoms with Gasteiger partial charge >= 0.3 is 5.97 Å². The second-order valence-electron chi connectivity index (χ2n) is 5.08. The molecule has 0 aliphatic carbocycles. The summed E-state index contributed by atoms with van der Waals surface area (Å²) in [6, 6.07) is 15.5. The van der Waals surface area contributed by atoms with E-state index < -0.39 is 6.04 Å². The molecule has 0 N–H and O–H groups in total. The number of ether oxygens (including phenoxy) is 1. The molecule has 1 atom stereocenters. The third-order valence-corrected chi connectivity index (χ3v) is 3.63. The van der Waals surface area contributed by atoms with E-state index in [1.54, 1.807) is 12.1 Å². The van der Waals surface area contributed by atoms with E-state index in [0.717, 1.165) is 11.1 Å². The fourth-order valence-corrected chi connectivity index (χ4v) is 2.60. The van der Waals surface area contributed by atoms with Gasteiger partial charge in [-0.05, 0) is 23.3 Å². The Labute approximate surface area is 123 Å². The van der Waals surface area contributed by atoms with Crippen molar-refractivity contribution in [3.8, 4) is 0 Å². The van der Waals surface area contributed by atoms with E-state index >= 15 is 0 Å². The SMILES string of the molecule is O=C1OCCN(Cc2ccccc2)[C@@H]1c1ccc(F)cc1. The van der Waals surface area contributed by atoms with Gasteiger partial charge in [0.1, 0.15) is 18.5 Å². The molecule has 0 spiro atoms. The second-order valence-corrected chi connectivity index (χ2v) is 5.08. The van der Waals surface area contributed by atoms with Crippen LogP contribution in [-0.4, -0.2) is 24.0 Å². The number of carbonyl (C=O) groups is 1. The first-order valence-corrected chi connectivity index (χ1v) is 6.94. The summed E-state index contributed by atoms with van der Waals surface area (Å²) in [6.45, 7) is 1.73. The number of halogens is 1. The smallest absolute Gasteiger partial charge is 0.328 e. The molecule has 4 heteroatoms. The molecular weight excluding hydrogens is 269 g/mol. The third kappa shape index (κ3) is 3.11. The summed E-state index contributed by atoms with van der Waals surface area (Å²) in [6.07, 6.45) is 0. The van der Waals surface area contributed by atoms with Crippen molar-refractivity contribution in [2.24, 2.45) is 0 Å². The molecule has 0 bridgehead atoms. The summed E-state index contributed by atoms with van der Waals surface area (Å²) in [5, 5.41) is 0. The molecule has 0 radical (unpaired) electrons. The lowest BCUT2D eigenvalue weighted by Crippen LogP contribution is -2.42. The Bertz CT molecular complexity index is 612. The highest BCUT2D eigenvalue weighted by Gasteiger charge is 2.32. The third-order valence-electron chi connectivity index (χ3n) is 3.63. The molecule has 0 amide bonds. The van der Waals surface area contributed by atoms with Crippen LogP contribution in [0.1, 0.15) is 17.2 Å². The summed E-state index contributed by atoms with van der Waals surface area (Å²) < 4.78 is 18.2. The van der Waals surface area contributed by atoms with E-state index in [1.165, 1.54) is 12.1 Å². The first-order valence-electron chi connectivity index (χ1n) is 6.94. The van der Waals surface area contributed by atoms with Crippen molar-refractivity contribution in [3.05, 3.63) is 71.5 Å². The zero-order valence-electron chi connectivity index (χ0n) is 11.5. The number of nitrogens with zero attached hydrogens (tertiary/aromatic N) is 1. The zero-order chi connectivity index (χ0) is 14.7. The van der Waals surface area contributed by atoms with Crippen LogP contribution in [0.5, 0.6) is 0 Å². The van der Waals surface area contributed by atoms with Crippen LogP contribution in [0.3, 0.4) is 0 Å². The fourth-order valence-electron chi connectivity index (χ4n) is 2.60. The number of hydrogen-bond donors (Lipinski definition) is 0. The molecule has 0 aromatic heterocycles. The molecule has 0 saturated carbocycles. The second kappa shape index (κ2) is 6.06. The molecule has 1 aliphatic heterocycles. The Morgan fingerprint density at radius 1 is 1.10 bits per heavy atom. The van der Waals surface area contributed by atoms with Crippen molar-refractivity contribution in [3.63, 3.8) is 0 Å². The van der Waals surface area contributed by atoms with E-state index in [-0.39, 0.29) is 11.8 Å². The lowest BCUT2D eigenvalue weighted by molar-refractivity contribution is -0.158. The molecule has 0 unspecified atom stereocenters. The van der Waals surface area contributed by atoms with E-state index in [4.69, 9.17) is 4.74 Å². The summed E-state index contributed by atoms with van der Waals surface area (Å²) in [7, 11) is 0. The number of rotatable bonds is 3. The molecule has 2 aromatic rings. The Balaban J connectivity index is 1.86. The van der Waals surface area contributed by atoms with Gasteiger partial charge in [-0.15, -0.1) is 0 Å². The molecule has 1 aliphatic rings. The highest BCUT2D eigenvalue weighted by atomic mass is 19.1. The average Bonchev–Trinajstić information content (AvgIpc) is 2.50. The van der Waals surface area contributed by atoms with Crippen LogP contribution in [0.15, 0.2) is 54.6 Å².